The molecule has 28 heavy (non-hydrogen) atoms. The molecular weight excluding hydrogens is 360 g/mol. The van der Waals surface area contributed by atoms with Gasteiger partial charge in [0.15, 0.2) is 5.70 Å². The van der Waals surface area contributed by atoms with Crippen LogP contribution in [0.25, 0.3) is 6.08 Å². The number of anilines is 1. The number of nitrogens with zero attached hydrogens (tertiary/aromatic N) is 1. The van der Waals surface area contributed by atoms with Crippen molar-refractivity contribution in [3.8, 4) is 5.75 Å². The Kier molecular flexibility index (Phi) is 5.64. The molecule has 0 saturated carbocycles. The summed E-state index contributed by atoms with van der Waals surface area (Å²) in [5, 5.41) is 2.66. The number of amides is 1. The number of esters is 2. The topological polar surface area (TPSA) is 94.1 Å². The van der Waals surface area contributed by atoms with Crippen molar-refractivity contribution in [1.82, 2.24) is 0 Å². The van der Waals surface area contributed by atoms with E-state index in [-0.39, 0.29) is 23.5 Å². The summed E-state index contributed by atoms with van der Waals surface area (Å²) in [5.41, 5.74) is 2.14. The molecule has 1 amide bonds. The highest BCUT2D eigenvalue weighted by Gasteiger charge is 2.24. The summed E-state index contributed by atoms with van der Waals surface area (Å²) < 4.78 is 10.3. The molecule has 0 spiro atoms. The number of hydrogen-bond donors (Lipinski definition) is 1. The lowest BCUT2D eigenvalue weighted by Crippen LogP contribution is -2.07. The van der Waals surface area contributed by atoms with Crippen molar-refractivity contribution in [1.29, 1.82) is 0 Å². The molecule has 1 N–H and O–H groups in total. The van der Waals surface area contributed by atoms with Crippen molar-refractivity contribution in [3.05, 3.63) is 65.4 Å². The number of nitrogens with one attached hydrogen (secondary N) is 1. The smallest absolute Gasteiger partial charge is 0.363 e. The normalized spacial score (nSPS) is 14.4. The molecule has 0 saturated heterocycles. The van der Waals surface area contributed by atoms with Crippen LogP contribution in [0.5, 0.6) is 5.75 Å². The van der Waals surface area contributed by atoms with Crippen molar-refractivity contribution in [2.45, 2.75) is 20.3 Å². The van der Waals surface area contributed by atoms with Gasteiger partial charge in [-0.25, -0.2) is 9.79 Å². The summed E-state index contributed by atoms with van der Waals surface area (Å²) in [6, 6.07) is 13.5. The molecule has 0 unspecified atom stereocenters. The molecule has 1 heterocycles. The van der Waals surface area contributed by atoms with Crippen LogP contribution in [0.3, 0.4) is 0 Å². The Morgan fingerprint density at radius 3 is 2.39 bits per heavy atom. The molecule has 2 aromatic carbocycles. The van der Waals surface area contributed by atoms with Gasteiger partial charge in [-0.05, 0) is 48.0 Å². The average molecular weight is 378 g/mol. The summed E-state index contributed by atoms with van der Waals surface area (Å²) in [4.78, 5) is 38.7. The van der Waals surface area contributed by atoms with E-state index in [0.29, 0.717) is 29.0 Å². The summed E-state index contributed by atoms with van der Waals surface area (Å²) in [6.45, 7) is 3.14. The Balaban J connectivity index is 1.75. The molecule has 2 aromatic rings. The molecule has 3 rings (SSSR count). The Hall–Kier alpha value is -3.74. The minimum Gasteiger partial charge on any atom is -0.427 e. The van der Waals surface area contributed by atoms with E-state index in [1.165, 1.54) is 6.92 Å². The van der Waals surface area contributed by atoms with Gasteiger partial charge in [0.2, 0.25) is 11.8 Å². The van der Waals surface area contributed by atoms with Crippen molar-refractivity contribution >= 4 is 35.5 Å². The first-order chi connectivity index (χ1) is 13.4. The zero-order valence-electron chi connectivity index (χ0n) is 15.4. The lowest BCUT2D eigenvalue weighted by Gasteiger charge is -2.03. The van der Waals surface area contributed by atoms with Gasteiger partial charge in [-0.3, -0.25) is 9.59 Å². The predicted octanol–water partition coefficient (Wildman–Crippen LogP) is 3.30. The van der Waals surface area contributed by atoms with Crippen LogP contribution < -0.4 is 10.1 Å². The first kappa shape index (κ1) is 19.0. The maximum atomic E-state index is 12.1. The predicted molar refractivity (Wildman–Crippen MR) is 104 cm³/mol. The number of ether oxygens (including phenoxy) is 2. The molecule has 7 heteroatoms. The number of benzene rings is 2. The van der Waals surface area contributed by atoms with E-state index in [9.17, 15) is 14.4 Å². The third-order valence-corrected chi connectivity index (χ3v) is 3.78. The molecule has 7 nitrogen and oxygen atoms in total. The molecule has 0 radical (unpaired) electrons. The SMILES string of the molecule is CCC(=O)Oc1ccc(/C=C2\N=C(c3ccc(NC(C)=O)cc3)OC2=O)cc1. The zero-order valence-corrected chi connectivity index (χ0v) is 15.4. The largest absolute Gasteiger partial charge is 0.427 e. The van der Waals surface area contributed by atoms with E-state index >= 15 is 0 Å². The Morgan fingerprint density at radius 1 is 1.11 bits per heavy atom. The minimum absolute atomic E-state index is 0.166. The number of cyclic esters (lactones) is 1. The minimum atomic E-state index is -0.553. The zero-order chi connectivity index (χ0) is 20.1. The van der Waals surface area contributed by atoms with Crippen molar-refractivity contribution < 1.29 is 23.9 Å². The van der Waals surface area contributed by atoms with Crippen LogP contribution in [0.1, 0.15) is 31.4 Å². The number of carbonyl (C=O) groups is 3. The van der Waals surface area contributed by atoms with E-state index in [4.69, 9.17) is 9.47 Å². The Labute approximate surface area is 161 Å². The van der Waals surface area contributed by atoms with Crippen molar-refractivity contribution in [2.24, 2.45) is 4.99 Å². The second-order valence-electron chi connectivity index (χ2n) is 5.99. The number of hydrogen-bond acceptors (Lipinski definition) is 6. The first-order valence-corrected chi connectivity index (χ1v) is 8.66. The first-order valence-electron chi connectivity index (χ1n) is 8.66. The van der Waals surface area contributed by atoms with Crippen molar-refractivity contribution in [2.75, 3.05) is 5.32 Å². The monoisotopic (exact) mass is 378 g/mol. The lowest BCUT2D eigenvalue weighted by atomic mass is 10.2. The van der Waals surface area contributed by atoms with Gasteiger partial charge in [-0.1, -0.05) is 19.1 Å². The molecule has 1 aliphatic heterocycles. The number of aliphatic imine (C=N–C) groups is 1. The summed E-state index contributed by atoms with van der Waals surface area (Å²) in [6.07, 6.45) is 1.88. The van der Waals surface area contributed by atoms with E-state index < -0.39 is 5.97 Å². The summed E-state index contributed by atoms with van der Waals surface area (Å²) in [7, 11) is 0. The van der Waals surface area contributed by atoms with Crippen LogP contribution in [-0.4, -0.2) is 23.7 Å². The van der Waals surface area contributed by atoms with Gasteiger partial charge in [-0.15, -0.1) is 0 Å². The third kappa shape index (κ3) is 4.70. The fraction of sp³-hybridized carbons (Fsp3) is 0.143. The van der Waals surface area contributed by atoms with Gasteiger partial charge in [-0.2, -0.15) is 0 Å². The van der Waals surface area contributed by atoms with E-state index in [0.717, 1.165) is 0 Å². The Bertz CT molecular complexity index is 973. The van der Waals surface area contributed by atoms with Gasteiger partial charge in [0.05, 0.1) is 0 Å². The number of carbonyl (C=O) groups excluding carboxylic acids is 3. The number of rotatable bonds is 5. The fourth-order valence-electron chi connectivity index (χ4n) is 2.43. The molecule has 142 valence electrons. The molecule has 0 aliphatic carbocycles. The standard InChI is InChI=1S/C21H18N2O5/c1-3-19(25)27-17-10-4-14(5-11-17)12-18-21(26)28-20(23-18)15-6-8-16(9-7-15)22-13(2)24/h4-12H,3H2,1-2H3,(H,22,24)/b18-12-. The second kappa shape index (κ2) is 8.30. The van der Waals surface area contributed by atoms with Crippen LogP contribution in [-0.2, 0) is 19.1 Å². The second-order valence-corrected chi connectivity index (χ2v) is 5.99. The molecule has 0 bridgehead atoms. The maximum Gasteiger partial charge on any atom is 0.363 e. The fourth-order valence-corrected chi connectivity index (χ4v) is 2.43. The van der Waals surface area contributed by atoms with Crippen LogP contribution >= 0.6 is 0 Å². The van der Waals surface area contributed by atoms with E-state index in [1.807, 2.05) is 0 Å². The highest BCUT2D eigenvalue weighted by molar-refractivity contribution is 6.13. The summed E-state index contributed by atoms with van der Waals surface area (Å²) >= 11 is 0. The van der Waals surface area contributed by atoms with Crippen molar-refractivity contribution in [3.63, 3.8) is 0 Å². The van der Waals surface area contributed by atoms with Gasteiger partial charge in [0.1, 0.15) is 5.75 Å². The quantitative estimate of drug-likeness (QED) is 0.489. The Morgan fingerprint density at radius 2 is 1.79 bits per heavy atom. The van der Waals surface area contributed by atoms with Crippen LogP contribution in [0.4, 0.5) is 5.69 Å². The van der Waals surface area contributed by atoms with Gasteiger partial charge in [0, 0.05) is 24.6 Å². The summed E-state index contributed by atoms with van der Waals surface area (Å²) in [5.74, 6) is -0.407. The van der Waals surface area contributed by atoms with E-state index in [2.05, 4.69) is 10.3 Å². The third-order valence-electron chi connectivity index (χ3n) is 3.78. The van der Waals surface area contributed by atoms with Gasteiger partial charge < -0.3 is 14.8 Å². The van der Waals surface area contributed by atoms with Crippen LogP contribution in [0.15, 0.2) is 59.2 Å². The lowest BCUT2D eigenvalue weighted by molar-refractivity contribution is -0.134. The van der Waals surface area contributed by atoms with Gasteiger partial charge >= 0.3 is 11.9 Å². The van der Waals surface area contributed by atoms with Crippen LogP contribution in [0, 0.1) is 0 Å². The molecular formula is C21H18N2O5. The molecule has 0 atom stereocenters. The van der Waals surface area contributed by atoms with Crippen LogP contribution in [0.2, 0.25) is 0 Å². The highest BCUT2D eigenvalue weighted by atomic mass is 16.6. The highest BCUT2D eigenvalue weighted by Crippen LogP contribution is 2.21. The molecule has 0 fully saturated rings. The maximum absolute atomic E-state index is 12.1. The van der Waals surface area contributed by atoms with Gasteiger partial charge in [0.25, 0.3) is 0 Å². The molecule has 1 aliphatic rings. The van der Waals surface area contributed by atoms with E-state index in [1.54, 1.807) is 61.5 Å². The average Bonchev–Trinajstić information content (AvgIpc) is 3.04. The molecule has 0 aromatic heterocycles.